The first kappa shape index (κ1) is 26.6. The van der Waals surface area contributed by atoms with Crippen molar-refractivity contribution in [3.63, 3.8) is 0 Å². The molecule has 0 N–H and O–H groups in total. The topological polar surface area (TPSA) is 55.6 Å². The highest BCUT2D eigenvalue weighted by atomic mass is 16.4. The molecule has 48 heavy (non-hydrogen) atoms. The second kappa shape index (κ2) is 10.5. The minimum Gasteiger partial charge on any atom is -0.456 e. The number of rotatable bonds is 5. The van der Waals surface area contributed by atoms with Gasteiger partial charge in [-0.15, -0.1) is 0 Å². The molecule has 0 radical (unpaired) electrons. The van der Waals surface area contributed by atoms with E-state index in [4.69, 9.17) is 18.2 Å². The summed E-state index contributed by atoms with van der Waals surface area (Å²) in [6.45, 7) is 0. The Bertz CT molecular complexity index is 2790. The van der Waals surface area contributed by atoms with Gasteiger partial charge in [0.15, 0.2) is 5.58 Å². The summed E-state index contributed by atoms with van der Waals surface area (Å²) in [5.74, 6) is 0.584. The Balaban J connectivity index is 1.22. The van der Waals surface area contributed by atoms with Crippen LogP contribution in [0.3, 0.4) is 0 Å². The van der Waals surface area contributed by atoms with E-state index < -0.39 is 0 Å². The van der Waals surface area contributed by atoms with Crippen LogP contribution >= 0.6 is 0 Å². The summed E-state index contributed by atoms with van der Waals surface area (Å²) in [6.07, 6.45) is 0. The molecule has 10 aromatic rings. The second-order valence-corrected chi connectivity index (χ2v) is 12.0. The van der Waals surface area contributed by atoms with Crippen molar-refractivity contribution in [1.29, 1.82) is 0 Å². The Hall–Kier alpha value is -6.59. The van der Waals surface area contributed by atoms with Gasteiger partial charge in [-0.1, -0.05) is 84.9 Å². The maximum Gasteiger partial charge on any atom is 0.227 e. The molecular formula is C43H26N2O3. The fraction of sp³-hybridized carbons (Fsp3) is 0. The summed E-state index contributed by atoms with van der Waals surface area (Å²) < 4.78 is 19.0. The van der Waals surface area contributed by atoms with Gasteiger partial charge in [0.2, 0.25) is 5.89 Å². The molecule has 5 nitrogen and oxygen atoms in total. The van der Waals surface area contributed by atoms with Gasteiger partial charge in [0, 0.05) is 44.7 Å². The van der Waals surface area contributed by atoms with Crippen LogP contribution < -0.4 is 4.90 Å². The lowest BCUT2D eigenvalue weighted by molar-refractivity contribution is 0.619. The van der Waals surface area contributed by atoms with E-state index in [1.165, 1.54) is 0 Å². The number of anilines is 3. The van der Waals surface area contributed by atoms with Crippen LogP contribution in [0, 0.1) is 0 Å². The van der Waals surface area contributed by atoms with Gasteiger partial charge < -0.3 is 18.2 Å². The summed E-state index contributed by atoms with van der Waals surface area (Å²) in [6, 6.07) is 53.9. The fourth-order valence-corrected chi connectivity index (χ4v) is 6.90. The van der Waals surface area contributed by atoms with Gasteiger partial charge in [-0.2, -0.15) is 0 Å². The van der Waals surface area contributed by atoms with E-state index in [1.54, 1.807) is 0 Å². The molecule has 3 heterocycles. The number of benzene rings is 7. The molecule has 0 atom stereocenters. The van der Waals surface area contributed by atoms with Gasteiger partial charge in [-0.25, -0.2) is 4.98 Å². The van der Waals surface area contributed by atoms with Crippen LogP contribution in [0.1, 0.15) is 0 Å². The highest BCUT2D eigenvalue weighted by Crippen LogP contribution is 2.45. The van der Waals surface area contributed by atoms with E-state index in [2.05, 4.69) is 89.8 Å². The SMILES string of the molecule is c1ccc(-c2nc3c(ccc4oc5ccc(N(c6ccc7c(c6)oc6ccccc67)c6ccccc6-c6ccccc6)cc5c43)o2)cc1. The molecule has 0 aliphatic carbocycles. The van der Waals surface area contributed by atoms with E-state index in [9.17, 15) is 0 Å². The first-order valence-corrected chi connectivity index (χ1v) is 16.0. The molecule has 0 saturated heterocycles. The third kappa shape index (κ3) is 4.15. The van der Waals surface area contributed by atoms with E-state index in [1.807, 2.05) is 72.8 Å². The van der Waals surface area contributed by atoms with Gasteiger partial charge in [-0.05, 0) is 72.3 Å². The molecule has 3 aromatic heterocycles. The van der Waals surface area contributed by atoms with E-state index >= 15 is 0 Å². The zero-order valence-electron chi connectivity index (χ0n) is 25.6. The Labute approximate surface area is 274 Å². The van der Waals surface area contributed by atoms with Crippen LogP contribution in [0.2, 0.25) is 0 Å². The summed E-state index contributed by atoms with van der Waals surface area (Å²) in [4.78, 5) is 7.28. The molecule has 0 spiro atoms. The third-order valence-electron chi connectivity index (χ3n) is 9.10. The van der Waals surface area contributed by atoms with Crippen molar-refractivity contribution in [2.45, 2.75) is 0 Å². The number of fused-ring (bicyclic) bond motifs is 8. The molecule has 0 aliphatic rings. The molecule has 0 saturated carbocycles. The Morgan fingerprint density at radius 2 is 1.04 bits per heavy atom. The van der Waals surface area contributed by atoms with Crippen molar-refractivity contribution in [1.82, 2.24) is 4.98 Å². The quantitative estimate of drug-likeness (QED) is 0.192. The summed E-state index contributed by atoms with van der Waals surface area (Å²) in [5.41, 5.74) is 11.0. The van der Waals surface area contributed by atoms with Crippen LogP contribution in [-0.4, -0.2) is 4.98 Å². The van der Waals surface area contributed by atoms with Gasteiger partial charge in [-0.3, -0.25) is 0 Å². The highest BCUT2D eigenvalue weighted by Gasteiger charge is 2.22. The van der Waals surface area contributed by atoms with Crippen LogP contribution in [0.4, 0.5) is 17.1 Å². The molecule has 5 heteroatoms. The second-order valence-electron chi connectivity index (χ2n) is 12.0. The highest BCUT2D eigenvalue weighted by molar-refractivity contribution is 6.17. The Morgan fingerprint density at radius 3 is 1.92 bits per heavy atom. The summed E-state index contributed by atoms with van der Waals surface area (Å²) in [5, 5.41) is 4.09. The standard InChI is InChI=1S/C43H26N2O3/c1-3-11-27(12-4-1)31-15-7-9-17-35(31)45(30-19-21-33-32-16-8-10-18-36(32)47-40(33)26-30)29-20-22-37-34(25-29)41-38(46-37)23-24-39-42(41)44-43(48-39)28-13-5-2-6-14-28/h1-26H. The molecule has 10 rings (SSSR count). The number of nitrogens with zero attached hydrogens (tertiary/aromatic N) is 2. The zero-order chi connectivity index (χ0) is 31.6. The molecule has 226 valence electrons. The van der Waals surface area contributed by atoms with E-state index in [0.29, 0.717) is 5.89 Å². The van der Waals surface area contributed by atoms with Crippen LogP contribution in [0.5, 0.6) is 0 Å². The lowest BCUT2D eigenvalue weighted by Crippen LogP contribution is -2.11. The van der Waals surface area contributed by atoms with Crippen molar-refractivity contribution in [3.8, 4) is 22.6 Å². The maximum absolute atomic E-state index is 6.39. The third-order valence-corrected chi connectivity index (χ3v) is 9.10. The van der Waals surface area contributed by atoms with Crippen LogP contribution in [0.15, 0.2) is 171 Å². The van der Waals surface area contributed by atoms with Crippen molar-refractivity contribution in [2.24, 2.45) is 0 Å². The Kier molecular flexibility index (Phi) is 5.81. The first-order chi connectivity index (χ1) is 23.8. The normalized spacial score (nSPS) is 11.8. The molecular weight excluding hydrogens is 592 g/mol. The van der Waals surface area contributed by atoms with Crippen LogP contribution in [-0.2, 0) is 0 Å². The number of para-hydroxylation sites is 2. The first-order valence-electron chi connectivity index (χ1n) is 16.0. The summed E-state index contributed by atoms with van der Waals surface area (Å²) >= 11 is 0. The molecule has 0 bridgehead atoms. The number of hydrogen-bond acceptors (Lipinski definition) is 5. The predicted molar refractivity (Wildman–Crippen MR) is 194 cm³/mol. The van der Waals surface area contributed by atoms with Crippen LogP contribution in [0.25, 0.3) is 77.6 Å². The van der Waals surface area contributed by atoms with E-state index in [0.717, 1.165) is 88.7 Å². The van der Waals surface area contributed by atoms with Gasteiger partial charge >= 0.3 is 0 Å². The molecule has 7 aromatic carbocycles. The van der Waals surface area contributed by atoms with Gasteiger partial charge in [0.05, 0.1) is 11.1 Å². The van der Waals surface area contributed by atoms with E-state index in [-0.39, 0.29) is 0 Å². The maximum atomic E-state index is 6.39. The largest absolute Gasteiger partial charge is 0.456 e. The lowest BCUT2D eigenvalue weighted by atomic mass is 10.0. The van der Waals surface area contributed by atoms with Gasteiger partial charge in [0.25, 0.3) is 0 Å². The number of furan rings is 2. The smallest absolute Gasteiger partial charge is 0.227 e. The minimum atomic E-state index is 0.584. The lowest BCUT2D eigenvalue weighted by Gasteiger charge is -2.28. The average Bonchev–Trinajstić information content (AvgIpc) is 3.85. The van der Waals surface area contributed by atoms with Crippen molar-refractivity contribution in [2.75, 3.05) is 4.90 Å². The average molecular weight is 619 g/mol. The monoisotopic (exact) mass is 618 g/mol. The van der Waals surface area contributed by atoms with Gasteiger partial charge in [0.1, 0.15) is 27.8 Å². The number of aromatic nitrogens is 1. The van der Waals surface area contributed by atoms with Crippen molar-refractivity contribution < 1.29 is 13.3 Å². The molecule has 0 unspecified atom stereocenters. The van der Waals surface area contributed by atoms with Crippen molar-refractivity contribution in [3.05, 3.63) is 158 Å². The molecule has 0 fully saturated rings. The number of hydrogen-bond donors (Lipinski definition) is 0. The number of oxazole rings is 1. The van der Waals surface area contributed by atoms with Crippen molar-refractivity contribution >= 4 is 72.0 Å². The molecule has 0 aliphatic heterocycles. The molecule has 0 amide bonds. The zero-order valence-corrected chi connectivity index (χ0v) is 25.6. The predicted octanol–water partition coefficient (Wildman–Crippen LogP) is 12.4. The minimum absolute atomic E-state index is 0.584. The Morgan fingerprint density at radius 1 is 0.417 bits per heavy atom. The summed E-state index contributed by atoms with van der Waals surface area (Å²) in [7, 11) is 0. The fourth-order valence-electron chi connectivity index (χ4n) is 6.90.